The lowest BCUT2D eigenvalue weighted by Gasteiger charge is -2.25. The van der Waals surface area contributed by atoms with Crippen LogP contribution in [-0.2, 0) is 9.59 Å². The van der Waals surface area contributed by atoms with Gasteiger partial charge in [-0.3, -0.25) is 9.59 Å². The molecule has 2 unspecified atom stereocenters. The summed E-state index contributed by atoms with van der Waals surface area (Å²) in [5.74, 6) is -3.27. The summed E-state index contributed by atoms with van der Waals surface area (Å²) in [7, 11) is 0. The summed E-state index contributed by atoms with van der Waals surface area (Å²) in [6.45, 7) is -0.364. The normalized spacial score (nSPS) is 17.4. The van der Waals surface area contributed by atoms with Crippen molar-refractivity contribution in [2.75, 3.05) is 11.9 Å². The van der Waals surface area contributed by atoms with Crippen molar-refractivity contribution in [3.05, 3.63) is 65.2 Å². The van der Waals surface area contributed by atoms with Gasteiger partial charge in [-0.1, -0.05) is 24.3 Å². The fourth-order valence-corrected chi connectivity index (χ4v) is 2.90. The van der Waals surface area contributed by atoms with E-state index < -0.39 is 35.1 Å². The molecule has 3 rings (SSSR count). The van der Waals surface area contributed by atoms with Crippen LogP contribution in [0.1, 0.15) is 29.6 Å². The molecule has 0 saturated carbocycles. The average molecular weight is 346 g/mol. The van der Waals surface area contributed by atoms with Crippen LogP contribution in [0.4, 0.5) is 14.5 Å². The van der Waals surface area contributed by atoms with E-state index in [1.165, 1.54) is 6.07 Å². The van der Waals surface area contributed by atoms with E-state index in [-0.39, 0.29) is 18.9 Å². The molecule has 2 atom stereocenters. The number of amides is 2. The number of carbonyl (C=O) groups is 2. The lowest BCUT2D eigenvalue weighted by molar-refractivity contribution is -0.126. The Balaban J connectivity index is 1.72. The molecule has 130 valence electrons. The summed E-state index contributed by atoms with van der Waals surface area (Å²) in [6.07, 6.45) is -1.56. The van der Waals surface area contributed by atoms with Gasteiger partial charge >= 0.3 is 0 Å². The smallest absolute Gasteiger partial charge is 0.228 e. The first-order chi connectivity index (χ1) is 12.0. The monoisotopic (exact) mass is 346 g/mol. The molecule has 1 aliphatic rings. The van der Waals surface area contributed by atoms with Gasteiger partial charge in [0, 0.05) is 18.7 Å². The van der Waals surface area contributed by atoms with Crippen LogP contribution >= 0.6 is 0 Å². The molecule has 0 fully saturated rings. The van der Waals surface area contributed by atoms with Gasteiger partial charge in [0.1, 0.15) is 17.7 Å². The molecule has 1 heterocycles. The molecule has 2 aromatic rings. The van der Waals surface area contributed by atoms with Gasteiger partial charge in [0.05, 0.1) is 11.5 Å². The predicted octanol–water partition coefficient (Wildman–Crippen LogP) is 2.24. The van der Waals surface area contributed by atoms with Crippen molar-refractivity contribution < 1.29 is 23.5 Å². The number of nitrogens with one attached hydrogen (secondary N) is 2. The quantitative estimate of drug-likeness (QED) is 0.794. The number of fused-ring (bicyclic) bond motifs is 1. The first-order valence-corrected chi connectivity index (χ1v) is 7.76. The van der Waals surface area contributed by atoms with E-state index in [0.717, 1.165) is 12.1 Å². The van der Waals surface area contributed by atoms with Crippen LogP contribution in [0.15, 0.2) is 42.5 Å². The molecule has 0 aliphatic carbocycles. The third-order valence-electron chi connectivity index (χ3n) is 4.12. The zero-order valence-corrected chi connectivity index (χ0v) is 13.1. The van der Waals surface area contributed by atoms with Crippen molar-refractivity contribution in [1.82, 2.24) is 5.32 Å². The van der Waals surface area contributed by atoms with Crippen LogP contribution in [0.5, 0.6) is 0 Å². The number of aliphatic hydroxyl groups excluding tert-OH is 1. The Kier molecular flexibility index (Phi) is 4.76. The fourth-order valence-electron chi connectivity index (χ4n) is 2.90. The number of anilines is 1. The highest BCUT2D eigenvalue weighted by Crippen LogP contribution is 2.32. The molecule has 0 saturated heterocycles. The van der Waals surface area contributed by atoms with E-state index >= 15 is 0 Å². The fraction of sp³-hybridized carbons (Fsp3) is 0.222. The van der Waals surface area contributed by atoms with Gasteiger partial charge in [0.15, 0.2) is 0 Å². The van der Waals surface area contributed by atoms with Gasteiger partial charge in [-0.05, 0) is 23.8 Å². The van der Waals surface area contributed by atoms with Crippen molar-refractivity contribution in [3.8, 4) is 0 Å². The van der Waals surface area contributed by atoms with Gasteiger partial charge in [-0.25, -0.2) is 8.78 Å². The van der Waals surface area contributed by atoms with E-state index in [2.05, 4.69) is 10.6 Å². The predicted molar refractivity (Wildman–Crippen MR) is 86.8 cm³/mol. The number of rotatable bonds is 4. The van der Waals surface area contributed by atoms with Gasteiger partial charge in [0.2, 0.25) is 11.8 Å². The summed E-state index contributed by atoms with van der Waals surface area (Å²) in [6, 6.07) is 10.2. The molecule has 2 amide bonds. The lowest BCUT2D eigenvalue weighted by Crippen LogP contribution is -2.37. The second-order valence-electron chi connectivity index (χ2n) is 5.79. The molecule has 7 heteroatoms. The Hall–Kier alpha value is -2.80. The van der Waals surface area contributed by atoms with E-state index in [1.54, 1.807) is 24.3 Å². The number of benzene rings is 2. The summed E-state index contributed by atoms with van der Waals surface area (Å²) >= 11 is 0. The molecule has 25 heavy (non-hydrogen) atoms. The zero-order chi connectivity index (χ0) is 18.0. The van der Waals surface area contributed by atoms with Crippen LogP contribution in [0.3, 0.4) is 0 Å². The Morgan fingerprint density at radius 2 is 1.88 bits per heavy atom. The molecule has 5 nitrogen and oxygen atoms in total. The molecule has 0 bridgehead atoms. The second-order valence-corrected chi connectivity index (χ2v) is 5.79. The van der Waals surface area contributed by atoms with Crippen LogP contribution in [0, 0.1) is 11.6 Å². The maximum absolute atomic E-state index is 13.7. The minimum Gasteiger partial charge on any atom is -0.386 e. The average Bonchev–Trinajstić information content (AvgIpc) is 2.58. The molecule has 0 radical (unpaired) electrons. The Labute approximate surface area is 142 Å². The number of aliphatic hydroxyl groups is 1. The molecule has 3 N–H and O–H groups in total. The molecular formula is C18H16F2N2O3. The van der Waals surface area contributed by atoms with Crippen molar-refractivity contribution in [2.24, 2.45) is 0 Å². The molecular weight excluding hydrogens is 330 g/mol. The van der Waals surface area contributed by atoms with Gasteiger partial charge in [0.25, 0.3) is 0 Å². The van der Waals surface area contributed by atoms with Gasteiger partial charge < -0.3 is 15.7 Å². The number of carbonyl (C=O) groups excluding carboxylic acids is 2. The Bertz CT molecular complexity index is 805. The molecule has 0 spiro atoms. The zero-order valence-electron chi connectivity index (χ0n) is 13.1. The highest BCUT2D eigenvalue weighted by Gasteiger charge is 2.30. The number of hydrogen-bond donors (Lipinski definition) is 3. The van der Waals surface area contributed by atoms with Gasteiger partial charge in [-0.15, -0.1) is 0 Å². The van der Waals surface area contributed by atoms with Crippen LogP contribution < -0.4 is 10.6 Å². The standard InChI is InChI=1S/C18H16F2N2O3/c19-12-5-3-6-13(20)17(12)15(23)9-21-18(25)11-8-16(24)22-14-7-2-1-4-10(11)14/h1-7,11,15,23H,8-9H2,(H,21,25)(H,22,24). The van der Waals surface area contributed by atoms with Crippen molar-refractivity contribution in [2.45, 2.75) is 18.4 Å². The lowest BCUT2D eigenvalue weighted by atomic mass is 9.90. The van der Waals surface area contributed by atoms with Crippen LogP contribution in [-0.4, -0.2) is 23.5 Å². The van der Waals surface area contributed by atoms with Crippen molar-refractivity contribution >= 4 is 17.5 Å². The Morgan fingerprint density at radius 1 is 1.20 bits per heavy atom. The van der Waals surface area contributed by atoms with Crippen LogP contribution in [0.2, 0.25) is 0 Å². The highest BCUT2D eigenvalue weighted by molar-refractivity contribution is 6.01. The minimum atomic E-state index is -1.53. The number of halogens is 2. The third kappa shape index (κ3) is 3.51. The SMILES string of the molecule is O=C1CC(C(=O)NCC(O)c2c(F)cccc2F)c2ccccc2N1. The molecule has 1 aliphatic heterocycles. The number of para-hydroxylation sites is 1. The largest absolute Gasteiger partial charge is 0.386 e. The van der Waals surface area contributed by atoms with Crippen molar-refractivity contribution in [3.63, 3.8) is 0 Å². The maximum Gasteiger partial charge on any atom is 0.228 e. The van der Waals surface area contributed by atoms with E-state index in [0.29, 0.717) is 11.3 Å². The maximum atomic E-state index is 13.7. The highest BCUT2D eigenvalue weighted by atomic mass is 19.1. The van der Waals surface area contributed by atoms with E-state index in [4.69, 9.17) is 0 Å². The van der Waals surface area contributed by atoms with E-state index in [1.807, 2.05) is 0 Å². The van der Waals surface area contributed by atoms with E-state index in [9.17, 15) is 23.5 Å². The Morgan fingerprint density at radius 3 is 2.60 bits per heavy atom. The summed E-state index contributed by atoms with van der Waals surface area (Å²) in [5.41, 5.74) is 0.718. The summed E-state index contributed by atoms with van der Waals surface area (Å²) < 4.78 is 27.3. The molecule has 0 aromatic heterocycles. The second kappa shape index (κ2) is 6.98. The first-order valence-electron chi connectivity index (χ1n) is 7.76. The third-order valence-corrected chi connectivity index (χ3v) is 4.12. The number of hydrogen-bond acceptors (Lipinski definition) is 3. The van der Waals surface area contributed by atoms with Crippen LogP contribution in [0.25, 0.3) is 0 Å². The summed E-state index contributed by atoms with van der Waals surface area (Å²) in [4.78, 5) is 24.2. The van der Waals surface area contributed by atoms with Crippen molar-refractivity contribution in [1.29, 1.82) is 0 Å². The summed E-state index contributed by atoms with van der Waals surface area (Å²) in [5, 5.41) is 15.1. The van der Waals surface area contributed by atoms with Gasteiger partial charge in [-0.2, -0.15) is 0 Å². The minimum absolute atomic E-state index is 0.0347. The first kappa shape index (κ1) is 17.0. The topological polar surface area (TPSA) is 78.4 Å². The molecule has 2 aromatic carbocycles.